The Hall–Kier alpha value is -1.65. The number of hydrogen-bond donors (Lipinski definition) is 1. The lowest BCUT2D eigenvalue weighted by Gasteiger charge is -2.25. The molecular weight excluding hydrogens is 328 g/mol. The molecule has 0 aliphatic carbocycles. The molecule has 1 atom stereocenters. The predicted octanol–water partition coefficient (Wildman–Crippen LogP) is 3.48. The minimum Gasteiger partial charge on any atom is -0.350 e. The molecule has 0 bridgehead atoms. The Balaban J connectivity index is 2.04. The van der Waals surface area contributed by atoms with E-state index < -0.39 is 0 Å². The lowest BCUT2D eigenvalue weighted by Crippen LogP contribution is -2.34. The maximum Gasteiger partial charge on any atom is 0.251 e. The molecule has 2 aromatic rings. The third-order valence-electron chi connectivity index (χ3n) is 3.35. The van der Waals surface area contributed by atoms with E-state index in [0.29, 0.717) is 12.1 Å². The van der Waals surface area contributed by atoms with E-state index in [0.717, 1.165) is 4.47 Å². The van der Waals surface area contributed by atoms with Crippen molar-refractivity contribution in [1.29, 1.82) is 0 Å². The Morgan fingerprint density at radius 3 is 2.48 bits per heavy atom. The van der Waals surface area contributed by atoms with E-state index in [1.54, 1.807) is 0 Å². The number of hydrogen-bond acceptors (Lipinski definition) is 2. The van der Waals surface area contributed by atoms with Crippen molar-refractivity contribution in [3.05, 3.63) is 70.2 Å². The van der Waals surface area contributed by atoms with Gasteiger partial charge in [-0.2, -0.15) is 0 Å². The van der Waals surface area contributed by atoms with Crippen molar-refractivity contribution in [2.45, 2.75) is 6.04 Å². The van der Waals surface area contributed by atoms with Gasteiger partial charge >= 0.3 is 0 Å². The number of nitrogens with zero attached hydrogens (tertiary/aromatic N) is 1. The van der Waals surface area contributed by atoms with Crippen LogP contribution in [0.4, 0.5) is 0 Å². The molecule has 0 spiro atoms. The van der Waals surface area contributed by atoms with E-state index in [1.807, 2.05) is 56.6 Å². The molecule has 21 heavy (non-hydrogen) atoms. The molecule has 4 heteroatoms. The number of nitrogens with one attached hydrogen (secondary N) is 1. The predicted molar refractivity (Wildman–Crippen MR) is 89.3 cm³/mol. The second kappa shape index (κ2) is 7.38. The standard InChI is InChI=1S/C17H19BrN2O/c1-20(2)16(13-7-4-3-5-8-13)12-19-17(21)14-9-6-10-15(18)11-14/h3-11,16H,12H2,1-2H3,(H,19,21)/t16-/m0/s1. The second-order valence-corrected chi connectivity index (χ2v) is 6.03. The van der Waals surface area contributed by atoms with Gasteiger partial charge in [-0.05, 0) is 37.9 Å². The normalized spacial score (nSPS) is 12.2. The Labute approximate surface area is 134 Å². The smallest absolute Gasteiger partial charge is 0.251 e. The van der Waals surface area contributed by atoms with Gasteiger partial charge in [0, 0.05) is 16.6 Å². The van der Waals surface area contributed by atoms with Gasteiger partial charge in [0.15, 0.2) is 0 Å². The Morgan fingerprint density at radius 2 is 1.86 bits per heavy atom. The summed E-state index contributed by atoms with van der Waals surface area (Å²) in [5.41, 5.74) is 1.85. The summed E-state index contributed by atoms with van der Waals surface area (Å²) < 4.78 is 0.905. The van der Waals surface area contributed by atoms with Gasteiger partial charge in [0.05, 0.1) is 6.04 Å². The first-order chi connectivity index (χ1) is 10.1. The van der Waals surface area contributed by atoms with E-state index in [1.165, 1.54) is 5.56 Å². The van der Waals surface area contributed by atoms with Crippen molar-refractivity contribution in [2.24, 2.45) is 0 Å². The number of carbonyl (C=O) groups is 1. The first kappa shape index (κ1) is 15.7. The molecule has 0 aromatic heterocycles. The number of amides is 1. The number of benzene rings is 2. The summed E-state index contributed by atoms with van der Waals surface area (Å²) in [6.07, 6.45) is 0. The van der Waals surface area contributed by atoms with Gasteiger partial charge in [0.2, 0.25) is 0 Å². The minimum atomic E-state index is -0.0564. The number of rotatable bonds is 5. The summed E-state index contributed by atoms with van der Waals surface area (Å²) in [4.78, 5) is 14.3. The van der Waals surface area contributed by atoms with Crippen molar-refractivity contribution in [2.75, 3.05) is 20.6 Å². The number of carbonyl (C=O) groups excluding carboxylic acids is 1. The molecule has 2 rings (SSSR count). The zero-order valence-corrected chi connectivity index (χ0v) is 13.8. The molecule has 0 saturated heterocycles. The largest absolute Gasteiger partial charge is 0.350 e. The molecular formula is C17H19BrN2O. The average molecular weight is 347 g/mol. The Bertz CT molecular complexity index is 599. The topological polar surface area (TPSA) is 32.3 Å². The SMILES string of the molecule is CN(C)[C@@H](CNC(=O)c1cccc(Br)c1)c1ccccc1. The van der Waals surface area contributed by atoms with Crippen molar-refractivity contribution in [3.8, 4) is 0 Å². The molecule has 0 unspecified atom stereocenters. The van der Waals surface area contributed by atoms with Gasteiger partial charge in [-0.3, -0.25) is 4.79 Å². The van der Waals surface area contributed by atoms with E-state index in [4.69, 9.17) is 0 Å². The maximum atomic E-state index is 12.2. The third kappa shape index (κ3) is 4.41. The van der Waals surface area contributed by atoms with Crippen LogP contribution in [0.25, 0.3) is 0 Å². The zero-order chi connectivity index (χ0) is 15.2. The van der Waals surface area contributed by atoms with Crippen LogP contribution in [-0.4, -0.2) is 31.4 Å². The molecule has 2 aromatic carbocycles. The molecule has 0 aliphatic rings. The van der Waals surface area contributed by atoms with Crippen LogP contribution in [0, 0.1) is 0 Å². The van der Waals surface area contributed by atoms with Gasteiger partial charge in [0.25, 0.3) is 5.91 Å². The van der Waals surface area contributed by atoms with Crippen LogP contribution >= 0.6 is 15.9 Å². The second-order valence-electron chi connectivity index (χ2n) is 5.11. The van der Waals surface area contributed by atoms with Crippen molar-refractivity contribution in [1.82, 2.24) is 10.2 Å². The van der Waals surface area contributed by atoms with Crippen LogP contribution in [0.3, 0.4) is 0 Å². The van der Waals surface area contributed by atoms with Crippen LogP contribution in [-0.2, 0) is 0 Å². The summed E-state index contributed by atoms with van der Waals surface area (Å²) in [6, 6.07) is 17.7. The highest BCUT2D eigenvalue weighted by Crippen LogP contribution is 2.17. The van der Waals surface area contributed by atoms with Gasteiger partial charge in [-0.1, -0.05) is 52.3 Å². The molecule has 1 amide bonds. The first-order valence-electron chi connectivity index (χ1n) is 6.83. The first-order valence-corrected chi connectivity index (χ1v) is 7.62. The molecule has 0 fully saturated rings. The van der Waals surface area contributed by atoms with Gasteiger partial charge in [-0.25, -0.2) is 0 Å². The van der Waals surface area contributed by atoms with Gasteiger partial charge in [-0.15, -0.1) is 0 Å². The Morgan fingerprint density at radius 1 is 1.14 bits per heavy atom. The summed E-state index contributed by atoms with van der Waals surface area (Å²) in [5.74, 6) is -0.0564. The zero-order valence-electron chi connectivity index (χ0n) is 12.2. The lowest BCUT2D eigenvalue weighted by molar-refractivity contribution is 0.0942. The fraction of sp³-hybridized carbons (Fsp3) is 0.235. The number of halogens is 1. The molecule has 1 N–H and O–H groups in total. The van der Waals surface area contributed by atoms with E-state index >= 15 is 0 Å². The summed E-state index contributed by atoms with van der Waals surface area (Å²) in [6.45, 7) is 0.572. The van der Waals surface area contributed by atoms with Crippen LogP contribution < -0.4 is 5.32 Å². The van der Waals surface area contributed by atoms with E-state index in [9.17, 15) is 4.79 Å². The lowest BCUT2D eigenvalue weighted by atomic mass is 10.1. The molecule has 0 aliphatic heterocycles. The molecule has 0 heterocycles. The van der Waals surface area contributed by atoms with E-state index in [-0.39, 0.29) is 11.9 Å². The van der Waals surface area contributed by atoms with Crippen LogP contribution in [0.5, 0.6) is 0 Å². The van der Waals surface area contributed by atoms with Gasteiger partial charge in [0.1, 0.15) is 0 Å². The summed E-state index contributed by atoms with van der Waals surface area (Å²) in [5, 5.41) is 3.00. The van der Waals surface area contributed by atoms with E-state index in [2.05, 4.69) is 38.3 Å². The van der Waals surface area contributed by atoms with Crippen LogP contribution in [0.15, 0.2) is 59.1 Å². The summed E-state index contributed by atoms with van der Waals surface area (Å²) in [7, 11) is 4.03. The fourth-order valence-electron chi connectivity index (χ4n) is 2.19. The quantitative estimate of drug-likeness (QED) is 0.898. The van der Waals surface area contributed by atoms with Crippen molar-refractivity contribution < 1.29 is 4.79 Å². The fourth-order valence-corrected chi connectivity index (χ4v) is 2.59. The van der Waals surface area contributed by atoms with Crippen molar-refractivity contribution in [3.63, 3.8) is 0 Å². The van der Waals surface area contributed by atoms with Gasteiger partial charge < -0.3 is 10.2 Å². The molecule has 3 nitrogen and oxygen atoms in total. The van der Waals surface area contributed by atoms with Crippen molar-refractivity contribution >= 4 is 21.8 Å². The monoisotopic (exact) mass is 346 g/mol. The average Bonchev–Trinajstić information content (AvgIpc) is 2.48. The molecule has 0 saturated carbocycles. The highest BCUT2D eigenvalue weighted by molar-refractivity contribution is 9.10. The maximum absolute atomic E-state index is 12.2. The van der Waals surface area contributed by atoms with Crippen LogP contribution in [0.1, 0.15) is 22.0 Å². The minimum absolute atomic E-state index is 0.0564. The highest BCUT2D eigenvalue weighted by atomic mass is 79.9. The molecule has 110 valence electrons. The highest BCUT2D eigenvalue weighted by Gasteiger charge is 2.15. The van der Waals surface area contributed by atoms with Crippen LogP contribution in [0.2, 0.25) is 0 Å². The summed E-state index contributed by atoms with van der Waals surface area (Å²) >= 11 is 3.38. The third-order valence-corrected chi connectivity index (χ3v) is 3.84. The number of likely N-dealkylation sites (N-methyl/N-ethyl adjacent to an activating group) is 1. The Kier molecular flexibility index (Phi) is 5.53. The molecule has 0 radical (unpaired) electrons.